The van der Waals surface area contributed by atoms with Gasteiger partial charge in [0.1, 0.15) is 6.61 Å². The molecule has 0 aliphatic heterocycles. The fourth-order valence-corrected chi connectivity index (χ4v) is 3.25. The van der Waals surface area contributed by atoms with Crippen molar-refractivity contribution in [1.82, 2.24) is 24.4 Å². The van der Waals surface area contributed by atoms with Gasteiger partial charge in [-0.05, 0) is 19.1 Å². The van der Waals surface area contributed by atoms with Gasteiger partial charge in [0.2, 0.25) is 0 Å². The molecular weight excluding hydrogens is 326 g/mol. The number of nitrogens with zero attached hydrogens (tertiary/aromatic N) is 5. The topological polar surface area (TPSA) is 74.3 Å². The van der Waals surface area contributed by atoms with Crippen molar-refractivity contribution >= 4 is 22.3 Å². The van der Waals surface area contributed by atoms with Crippen LogP contribution in [0.5, 0.6) is 0 Å². The Kier molecular flexibility index (Phi) is 3.58. The van der Waals surface area contributed by atoms with E-state index >= 15 is 0 Å². The van der Waals surface area contributed by atoms with E-state index < -0.39 is 5.97 Å². The van der Waals surface area contributed by atoms with Crippen molar-refractivity contribution in [2.24, 2.45) is 0 Å². The van der Waals surface area contributed by atoms with E-state index in [1.54, 1.807) is 17.8 Å². The molecule has 0 unspecified atom stereocenters. The van der Waals surface area contributed by atoms with Crippen LogP contribution in [0.1, 0.15) is 21.9 Å². The largest absolute Gasteiger partial charge is 0.454 e. The summed E-state index contributed by atoms with van der Waals surface area (Å²) in [6.45, 7) is 1.95. The molecule has 0 radical (unpaired) electrons. The van der Waals surface area contributed by atoms with Gasteiger partial charge in [-0.2, -0.15) is 0 Å². The fraction of sp³-hybridized carbons (Fsp3) is 0.125. The lowest BCUT2D eigenvalue weighted by atomic mass is 10.3. The second kappa shape index (κ2) is 5.89. The Morgan fingerprint density at radius 2 is 2.12 bits per heavy atom. The molecule has 3 heterocycles. The average Bonchev–Trinajstić information content (AvgIpc) is 3.29. The van der Waals surface area contributed by atoms with Gasteiger partial charge in [-0.25, -0.2) is 14.5 Å². The SMILES string of the molecule is Cc1c(C(=O)OCc2csc3nccn23)nnn1-c1ccccc1. The Hall–Kier alpha value is -3.00. The van der Waals surface area contributed by atoms with Crippen molar-refractivity contribution in [3.05, 3.63) is 65.2 Å². The second-order valence-electron chi connectivity index (χ2n) is 5.15. The number of rotatable bonds is 4. The van der Waals surface area contributed by atoms with E-state index in [-0.39, 0.29) is 12.3 Å². The number of esters is 1. The maximum atomic E-state index is 12.3. The highest BCUT2D eigenvalue weighted by Gasteiger charge is 2.19. The van der Waals surface area contributed by atoms with Crippen LogP contribution in [0.3, 0.4) is 0 Å². The van der Waals surface area contributed by atoms with Gasteiger partial charge in [-0.15, -0.1) is 16.4 Å². The first-order chi connectivity index (χ1) is 11.7. The lowest BCUT2D eigenvalue weighted by Gasteiger charge is -2.04. The van der Waals surface area contributed by atoms with Crippen molar-refractivity contribution in [3.63, 3.8) is 0 Å². The van der Waals surface area contributed by atoms with Crippen LogP contribution in [-0.2, 0) is 11.3 Å². The minimum Gasteiger partial charge on any atom is -0.454 e. The predicted octanol–water partition coefficient (Wildman–Crippen LogP) is 2.64. The summed E-state index contributed by atoms with van der Waals surface area (Å²) in [6.07, 6.45) is 3.55. The predicted molar refractivity (Wildman–Crippen MR) is 88.3 cm³/mol. The van der Waals surface area contributed by atoms with E-state index in [0.717, 1.165) is 16.3 Å². The number of imidazole rings is 1. The van der Waals surface area contributed by atoms with Crippen LogP contribution in [0.15, 0.2) is 48.1 Å². The van der Waals surface area contributed by atoms with Crippen LogP contribution in [0.2, 0.25) is 0 Å². The normalized spacial score (nSPS) is 11.0. The summed E-state index contributed by atoms with van der Waals surface area (Å²) < 4.78 is 8.90. The molecule has 120 valence electrons. The molecular formula is C16H13N5O2S. The number of carbonyl (C=O) groups excluding carboxylic acids is 1. The number of fused-ring (bicyclic) bond motifs is 1. The first-order valence-corrected chi connectivity index (χ1v) is 8.16. The Labute approximate surface area is 141 Å². The Balaban J connectivity index is 1.53. The molecule has 0 N–H and O–H groups in total. The zero-order chi connectivity index (χ0) is 16.5. The zero-order valence-electron chi connectivity index (χ0n) is 12.8. The molecule has 0 atom stereocenters. The molecule has 0 amide bonds. The third kappa shape index (κ3) is 2.46. The van der Waals surface area contributed by atoms with Crippen molar-refractivity contribution in [2.75, 3.05) is 0 Å². The Morgan fingerprint density at radius 1 is 1.29 bits per heavy atom. The van der Waals surface area contributed by atoms with E-state index in [2.05, 4.69) is 15.3 Å². The van der Waals surface area contributed by atoms with E-state index in [1.807, 2.05) is 46.3 Å². The van der Waals surface area contributed by atoms with E-state index in [1.165, 1.54) is 11.3 Å². The summed E-state index contributed by atoms with van der Waals surface area (Å²) in [5.41, 5.74) is 2.58. The summed E-state index contributed by atoms with van der Waals surface area (Å²) in [4.78, 5) is 17.4. The number of hydrogen-bond donors (Lipinski definition) is 0. The van der Waals surface area contributed by atoms with Gasteiger partial charge in [-0.1, -0.05) is 23.4 Å². The summed E-state index contributed by atoms with van der Waals surface area (Å²) in [5.74, 6) is -0.492. The lowest BCUT2D eigenvalue weighted by Crippen LogP contribution is -2.09. The molecule has 7 nitrogen and oxygen atoms in total. The number of thiazole rings is 1. The summed E-state index contributed by atoms with van der Waals surface area (Å²) in [7, 11) is 0. The molecule has 0 aliphatic rings. The number of carbonyl (C=O) groups is 1. The van der Waals surface area contributed by atoms with Gasteiger partial charge in [-0.3, -0.25) is 4.40 Å². The molecule has 24 heavy (non-hydrogen) atoms. The first-order valence-electron chi connectivity index (χ1n) is 7.28. The number of ether oxygens (including phenoxy) is 1. The summed E-state index contributed by atoms with van der Waals surface area (Å²) >= 11 is 1.50. The third-order valence-corrected chi connectivity index (χ3v) is 4.56. The van der Waals surface area contributed by atoms with E-state index in [4.69, 9.17) is 4.74 Å². The molecule has 0 fully saturated rings. The second-order valence-corrected chi connectivity index (χ2v) is 5.99. The van der Waals surface area contributed by atoms with Crippen molar-refractivity contribution in [1.29, 1.82) is 0 Å². The number of aromatic nitrogens is 5. The minimum absolute atomic E-state index is 0.160. The standard InChI is InChI=1S/C16H13N5O2S/c1-11-14(18-19-21(11)12-5-3-2-4-6-12)15(22)23-9-13-10-24-16-17-7-8-20(13)16/h2-8,10H,9H2,1H3. The molecule has 0 saturated carbocycles. The Bertz CT molecular complexity index is 1000. The third-order valence-electron chi connectivity index (χ3n) is 3.66. The summed E-state index contributed by atoms with van der Waals surface area (Å²) in [5, 5.41) is 9.93. The number of para-hydroxylation sites is 1. The van der Waals surface area contributed by atoms with Gasteiger partial charge in [0, 0.05) is 17.8 Å². The maximum absolute atomic E-state index is 12.3. The molecule has 1 aromatic carbocycles. The summed E-state index contributed by atoms with van der Waals surface area (Å²) in [6, 6.07) is 9.53. The number of hydrogen-bond acceptors (Lipinski definition) is 6. The molecule has 0 spiro atoms. The highest BCUT2D eigenvalue weighted by atomic mass is 32.1. The highest BCUT2D eigenvalue weighted by molar-refractivity contribution is 7.15. The van der Waals surface area contributed by atoms with E-state index in [9.17, 15) is 4.79 Å². The zero-order valence-corrected chi connectivity index (χ0v) is 13.6. The average molecular weight is 339 g/mol. The van der Waals surface area contributed by atoms with Crippen molar-refractivity contribution in [2.45, 2.75) is 13.5 Å². The molecule has 0 bridgehead atoms. The van der Waals surface area contributed by atoms with Crippen LogP contribution < -0.4 is 0 Å². The Morgan fingerprint density at radius 3 is 2.96 bits per heavy atom. The first kappa shape index (κ1) is 14.6. The van der Waals surface area contributed by atoms with Crippen LogP contribution >= 0.6 is 11.3 Å². The van der Waals surface area contributed by atoms with Gasteiger partial charge in [0.05, 0.1) is 17.1 Å². The van der Waals surface area contributed by atoms with E-state index in [0.29, 0.717) is 5.69 Å². The fourth-order valence-electron chi connectivity index (χ4n) is 2.42. The van der Waals surface area contributed by atoms with Crippen LogP contribution in [0.25, 0.3) is 10.6 Å². The monoisotopic (exact) mass is 339 g/mol. The molecule has 3 aromatic heterocycles. The maximum Gasteiger partial charge on any atom is 0.361 e. The smallest absolute Gasteiger partial charge is 0.361 e. The number of benzene rings is 1. The van der Waals surface area contributed by atoms with Crippen LogP contribution in [0.4, 0.5) is 0 Å². The van der Waals surface area contributed by atoms with Crippen molar-refractivity contribution < 1.29 is 9.53 Å². The molecule has 8 heteroatoms. The van der Waals surface area contributed by atoms with Gasteiger partial charge >= 0.3 is 5.97 Å². The molecule has 0 aliphatic carbocycles. The quantitative estimate of drug-likeness (QED) is 0.534. The van der Waals surface area contributed by atoms with Gasteiger partial charge < -0.3 is 4.74 Å². The lowest BCUT2D eigenvalue weighted by molar-refractivity contribution is 0.0459. The molecule has 0 saturated heterocycles. The van der Waals surface area contributed by atoms with Crippen molar-refractivity contribution in [3.8, 4) is 5.69 Å². The van der Waals surface area contributed by atoms with Crippen LogP contribution in [-0.4, -0.2) is 30.3 Å². The van der Waals surface area contributed by atoms with Crippen LogP contribution in [0, 0.1) is 6.92 Å². The molecule has 4 rings (SSSR count). The highest BCUT2D eigenvalue weighted by Crippen LogP contribution is 2.17. The minimum atomic E-state index is -0.492. The molecule has 4 aromatic rings. The van der Waals surface area contributed by atoms with Gasteiger partial charge in [0.25, 0.3) is 0 Å². The van der Waals surface area contributed by atoms with Gasteiger partial charge in [0.15, 0.2) is 10.7 Å².